The van der Waals surface area contributed by atoms with E-state index in [0.29, 0.717) is 29.9 Å². The van der Waals surface area contributed by atoms with E-state index in [1.54, 1.807) is 12.3 Å². The van der Waals surface area contributed by atoms with E-state index < -0.39 is 0 Å². The Balaban J connectivity index is 1.31. The van der Waals surface area contributed by atoms with Crippen molar-refractivity contribution in [3.05, 3.63) is 71.7 Å². The number of allylic oxidation sites excluding steroid dienone is 1. The first-order chi connectivity index (χ1) is 16.1. The Morgan fingerprint density at radius 2 is 2.09 bits per heavy atom. The first-order valence-electron chi connectivity index (χ1n) is 11.3. The molecule has 3 N–H and O–H groups in total. The van der Waals surface area contributed by atoms with Gasteiger partial charge in [-0.3, -0.25) is 4.79 Å². The molecule has 168 valence electrons. The van der Waals surface area contributed by atoms with Crippen molar-refractivity contribution >= 4 is 28.7 Å². The van der Waals surface area contributed by atoms with Crippen LogP contribution in [0.1, 0.15) is 36.0 Å². The molecule has 33 heavy (non-hydrogen) atoms. The Morgan fingerprint density at radius 3 is 2.82 bits per heavy atom. The maximum atomic E-state index is 12.7. The van der Waals surface area contributed by atoms with Crippen LogP contribution in [-0.2, 0) is 17.8 Å². The Bertz CT molecular complexity index is 1230. The van der Waals surface area contributed by atoms with Crippen molar-refractivity contribution < 1.29 is 4.79 Å². The van der Waals surface area contributed by atoms with E-state index >= 15 is 0 Å². The number of rotatable bonds is 7. The van der Waals surface area contributed by atoms with Crippen LogP contribution >= 0.6 is 0 Å². The number of nitrogens with one attached hydrogen (secondary N) is 1. The summed E-state index contributed by atoms with van der Waals surface area (Å²) < 4.78 is 2.18. The summed E-state index contributed by atoms with van der Waals surface area (Å²) in [6, 6.07) is 13.7. The molecule has 0 bridgehead atoms. The van der Waals surface area contributed by atoms with Gasteiger partial charge in [0.25, 0.3) is 0 Å². The summed E-state index contributed by atoms with van der Waals surface area (Å²) in [5.74, 6) is 0.686. The third-order valence-electron chi connectivity index (χ3n) is 6.38. The molecule has 3 aromatic rings. The molecule has 0 saturated carbocycles. The molecule has 1 aliphatic rings. The molecule has 1 saturated heterocycles. The Hall–Kier alpha value is -3.92. The van der Waals surface area contributed by atoms with Gasteiger partial charge in [-0.25, -0.2) is 4.98 Å². The highest BCUT2D eigenvalue weighted by Gasteiger charge is 2.23. The lowest BCUT2D eigenvalue weighted by Gasteiger charge is -2.32. The zero-order chi connectivity index (χ0) is 23.2. The Labute approximate surface area is 193 Å². The summed E-state index contributed by atoms with van der Waals surface area (Å²) in [4.78, 5) is 19.3. The van der Waals surface area contributed by atoms with Crippen LogP contribution in [0.25, 0.3) is 16.6 Å². The highest BCUT2D eigenvalue weighted by Crippen LogP contribution is 2.24. The van der Waals surface area contributed by atoms with Crippen LogP contribution in [0, 0.1) is 22.7 Å². The predicted octanol–water partition coefficient (Wildman–Crippen LogP) is 3.73. The number of amides is 1. The minimum atomic E-state index is 0.186. The van der Waals surface area contributed by atoms with Crippen LogP contribution in [0.3, 0.4) is 0 Å². The van der Waals surface area contributed by atoms with Gasteiger partial charge in [-0.2, -0.15) is 5.26 Å². The van der Waals surface area contributed by atoms with Gasteiger partial charge in [-0.1, -0.05) is 12.1 Å². The smallest absolute Gasteiger partial charge is 0.222 e. The number of fused-ring (bicyclic) bond motifs is 1. The molecule has 1 aromatic carbocycles. The van der Waals surface area contributed by atoms with Gasteiger partial charge in [0.2, 0.25) is 5.91 Å². The molecule has 2 aromatic heterocycles. The van der Waals surface area contributed by atoms with Crippen molar-refractivity contribution in [2.24, 2.45) is 11.7 Å². The SMILES string of the molecule is N#Cc1cccc(CCC(=O)N2CCC(Cn3ccc4cc(/C(C=N)=C/N)cnc43)CC2)c1. The van der Waals surface area contributed by atoms with Gasteiger partial charge >= 0.3 is 0 Å². The number of nitriles is 1. The van der Waals surface area contributed by atoms with Crippen LogP contribution in [0.15, 0.2) is 55.0 Å². The molecule has 1 fully saturated rings. The fourth-order valence-corrected chi connectivity index (χ4v) is 4.46. The summed E-state index contributed by atoms with van der Waals surface area (Å²) in [6.07, 6.45) is 9.56. The van der Waals surface area contributed by atoms with Gasteiger partial charge in [0.15, 0.2) is 0 Å². The fourth-order valence-electron chi connectivity index (χ4n) is 4.46. The third kappa shape index (κ3) is 5.12. The van der Waals surface area contributed by atoms with Crippen molar-refractivity contribution in [2.75, 3.05) is 13.1 Å². The number of piperidine rings is 1. The van der Waals surface area contributed by atoms with Gasteiger partial charge in [0, 0.05) is 67.4 Å². The lowest BCUT2D eigenvalue weighted by Crippen LogP contribution is -2.39. The number of hydrogen-bond donors (Lipinski definition) is 2. The van der Waals surface area contributed by atoms with E-state index in [1.165, 1.54) is 12.4 Å². The van der Waals surface area contributed by atoms with Crippen molar-refractivity contribution in [2.45, 2.75) is 32.2 Å². The molecular weight excluding hydrogens is 412 g/mol. The van der Waals surface area contributed by atoms with Crippen LogP contribution in [0.2, 0.25) is 0 Å². The van der Waals surface area contributed by atoms with Crippen molar-refractivity contribution in [1.82, 2.24) is 14.5 Å². The maximum absolute atomic E-state index is 12.7. The summed E-state index contributed by atoms with van der Waals surface area (Å²) >= 11 is 0. The number of likely N-dealkylation sites (tertiary alicyclic amines) is 1. The molecule has 1 amide bonds. The molecule has 7 nitrogen and oxygen atoms in total. The van der Waals surface area contributed by atoms with Gasteiger partial charge in [-0.05, 0) is 55.0 Å². The van der Waals surface area contributed by atoms with E-state index in [9.17, 15) is 4.79 Å². The molecule has 0 atom stereocenters. The fraction of sp³-hybridized carbons (Fsp3) is 0.308. The molecule has 0 aliphatic carbocycles. The first kappa shape index (κ1) is 22.3. The number of aryl methyl sites for hydroxylation is 1. The Kier molecular flexibility index (Phi) is 6.84. The molecule has 3 heterocycles. The minimum Gasteiger partial charge on any atom is -0.404 e. The molecule has 4 rings (SSSR count). The summed E-state index contributed by atoms with van der Waals surface area (Å²) in [5, 5.41) is 17.5. The lowest BCUT2D eigenvalue weighted by molar-refractivity contribution is -0.132. The largest absolute Gasteiger partial charge is 0.404 e. The normalized spacial score (nSPS) is 14.9. The molecule has 0 radical (unpaired) electrons. The number of benzene rings is 1. The number of pyridine rings is 1. The predicted molar refractivity (Wildman–Crippen MR) is 129 cm³/mol. The van der Waals surface area contributed by atoms with Crippen LogP contribution < -0.4 is 5.73 Å². The van der Waals surface area contributed by atoms with E-state index in [-0.39, 0.29) is 5.91 Å². The summed E-state index contributed by atoms with van der Waals surface area (Å²) in [6.45, 7) is 2.44. The van der Waals surface area contributed by atoms with E-state index in [2.05, 4.69) is 21.8 Å². The monoisotopic (exact) mass is 440 g/mol. The maximum Gasteiger partial charge on any atom is 0.222 e. The second-order valence-corrected chi connectivity index (χ2v) is 8.51. The van der Waals surface area contributed by atoms with E-state index in [1.807, 2.05) is 35.2 Å². The summed E-state index contributed by atoms with van der Waals surface area (Å²) in [5.41, 5.74) is 9.67. The van der Waals surface area contributed by atoms with E-state index in [4.69, 9.17) is 16.4 Å². The topological polar surface area (TPSA) is 112 Å². The standard InChI is InChI=1S/C26H28N6O/c27-14-21-3-1-2-19(12-21)4-5-25(33)31-9-6-20(7-10-31)18-32-11-8-22-13-23(17-30-26(22)32)24(15-28)16-29/h1-3,8,11-13,15-17,20,28H,4-7,9-10,18,29H2/b24-16+,28-15?. The number of aromatic nitrogens is 2. The second-order valence-electron chi connectivity index (χ2n) is 8.51. The zero-order valence-electron chi connectivity index (χ0n) is 18.6. The number of nitrogens with two attached hydrogens (primary N) is 1. The van der Waals surface area contributed by atoms with Gasteiger partial charge < -0.3 is 20.6 Å². The van der Waals surface area contributed by atoms with Crippen molar-refractivity contribution in [3.63, 3.8) is 0 Å². The van der Waals surface area contributed by atoms with Gasteiger partial charge in [0.1, 0.15) is 5.65 Å². The number of carbonyl (C=O) groups is 1. The van der Waals surface area contributed by atoms with E-state index in [0.717, 1.165) is 54.6 Å². The number of hydrogen-bond acceptors (Lipinski definition) is 5. The zero-order valence-corrected chi connectivity index (χ0v) is 18.6. The summed E-state index contributed by atoms with van der Waals surface area (Å²) in [7, 11) is 0. The van der Waals surface area contributed by atoms with Crippen LogP contribution in [-0.4, -0.2) is 39.7 Å². The average molecular weight is 441 g/mol. The molecular formula is C26H28N6O. The average Bonchev–Trinajstić information content (AvgIpc) is 3.26. The second kappa shape index (κ2) is 10.1. The van der Waals surface area contributed by atoms with Gasteiger partial charge in [0.05, 0.1) is 11.6 Å². The first-order valence-corrected chi connectivity index (χ1v) is 11.3. The van der Waals surface area contributed by atoms with Crippen LogP contribution in [0.4, 0.5) is 0 Å². The third-order valence-corrected chi connectivity index (χ3v) is 6.38. The van der Waals surface area contributed by atoms with Crippen molar-refractivity contribution in [1.29, 1.82) is 10.7 Å². The number of nitrogens with zero attached hydrogens (tertiary/aromatic N) is 4. The highest BCUT2D eigenvalue weighted by atomic mass is 16.2. The highest BCUT2D eigenvalue weighted by molar-refractivity contribution is 6.08. The Morgan fingerprint density at radius 1 is 1.27 bits per heavy atom. The molecule has 0 spiro atoms. The number of carbonyl (C=O) groups excluding carboxylic acids is 1. The molecule has 7 heteroatoms. The van der Waals surface area contributed by atoms with Crippen LogP contribution in [0.5, 0.6) is 0 Å². The molecule has 1 aliphatic heterocycles. The quantitative estimate of drug-likeness (QED) is 0.545. The van der Waals surface area contributed by atoms with Gasteiger partial charge in [-0.15, -0.1) is 0 Å². The molecule has 0 unspecified atom stereocenters. The minimum absolute atomic E-state index is 0.186. The lowest BCUT2D eigenvalue weighted by atomic mass is 9.96. The van der Waals surface area contributed by atoms with Crippen molar-refractivity contribution in [3.8, 4) is 6.07 Å².